The van der Waals surface area contributed by atoms with Gasteiger partial charge in [-0.15, -0.1) is 11.3 Å². The lowest BCUT2D eigenvalue weighted by molar-refractivity contribution is -0.130. The quantitative estimate of drug-likeness (QED) is 0.897. The molecule has 122 valence electrons. The molecular formula is C16H19N3O3S. The molecule has 1 aromatic carbocycles. The third-order valence-corrected chi connectivity index (χ3v) is 4.82. The molecule has 1 amide bonds. The van der Waals surface area contributed by atoms with Gasteiger partial charge < -0.3 is 15.1 Å². The number of phenolic OH excluding ortho intramolecular Hbond substituents is 2. The summed E-state index contributed by atoms with van der Waals surface area (Å²) in [6.45, 7) is 5.55. The Hall–Kier alpha value is -2.12. The highest BCUT2D eigenvalue weighted by atomic mass is 32.1. The second-order valence-corrected chi connectivity index (χ2v) is 6.55. The summed E-state index contributed by atoms with van der Waals surface area (Å²) >= 11 is 1.55. The number of piperazine rings is 1. The molecule has 2 heterocycles. The fourth-order valence-corrected chi connectivity index (χ4v) is 3.49. The van der Waals surface area contributed by atoms with Crippen molar-refractivity contribution in [2.45, 2.75) is 13.5 Å². The van der Waals surface area contributed by atoms with Crippen LogP contribution in [0.2, 0.25) is 0 Å². The van der Waals surface area contributed by atoms with Gasteiger partial charge in [-0.2, -0.15) is 0 Å². The molecule has 0 spiro atoms. The summed E-state index contributed by atoms with van der Waals surface area (Å²) in [5, 5.41) is 22.2. The number of amides is 1. The molecule has 1 aliphatic heterocycles. The molecule has 6 nitrogen and oxygen atoms in total. The van der Waals surface area contributed by atoms with Crippen molar-refractivity contribution in [1.82, 2.24) is 14.8 Å². The minimum absolute atomic E-state index is 0.0249. The highest BCUT2D eigenvalue weighted by Crippen LogP contribution is 2.32. The second kappa shape index (κ2) is 6.55. The standard InChI is InChI=1S/C16H19N3O3S/c1-11(20)19-6-4-18(5-7-19)9-16-17-14(10-23-16)13-3-2-12(21)8-15(13)22/h2-3,8,10,21-22H,4-7,9H2,1H3. The first-order valence-electron chi connectivity index (χ1n) is 7.47. The van der Waals surface area contributed by atoms with Crippen LogP contribution in [-0.4, -0.2) is 57.1 Å². The number of hydrogen-bond acceptors (Lipinski definition) is 6. The van der Waals surface area contributed by atoms with Gasteiger partial charge in [0.15, 0.2) is 0 Å². The predicted molar refractivity (Wildman–Crippen MR) is 88.4 cm³/mol. The molecule has 2 N–H and O–H groups in total. The minimum Gasteiger partial charge on any atom is -0.508 e. The van der Waals surface area contributed by atoms with Crippen molar-refractivity contribution in [3.63, 3.8) is 0 Å². The SMILES string of the molecule is CC(=O)N1CCN(Cc2nc(-c3ccc(O)cc3O)cs2)CC1. The molecule has 1 aliphatic rings. The van der Waals surface area contributed by atoms with E-state index in [1.54, 1.807) is 24.3 Å². The Morgan fingerprint density at radius 2 is 2.00 bits per heavy atom. The molecule has 1 saturated heterocycles. The van der Waals surface area contributed by atoms with E-state index >= 15 is 0 Å². The van der Waals surface area contributed by atoms with Crippen molar-refractivity contribution < 1.29 is 15.0 Å². The Morgan fingerprint density at radius 3 is 2.65 bits per heavy atom. The zero-order chi connectivity index (χ0) is 16.4. The van der Waals surface area contributed by atoms with Crippen molar-refractivity contribution in [1.29, 1.82) is 0 Å². The Balaban J connectivity index is 1.65. The van der Waals surface area contributed by atoms with Crippen molar-refractivity contribution in [3.05, 3.63) is 28.6 Å². The summed E-state index contributed by atoms with van der Waals surface area (Å²) in [5.74, 6) is 0.186. The van der Waals surface area contributed by atoms with Crippen LogP contribution in [0.5, 0.6) is 11.5 Å². The Bertz CT molecular complexity index is 708. The van der Waals surface area contributed by atoms with Gasteiger partial charge in [0.1, 0.15) is 16.5 Å². The maximum Gasteiger partial charge on any atom is 0.219 e. The molecular weight excluding hydrogens is 314 g/mol. The fourth-order valence-electron chi connectivity index (χ4n) is 2.66. The number of nitrogens with zero attached hydrogens (tertiary/aromatic N) is 3. The average molecular weight is 333 g/mol. The summed E-state index contributed by atoms with van der Waals surface area (Å²) < 4.78 is 0. The maximum absolute atomic E-state index is 11.3. The van der Waals surface area contributed by atoms with Gasteiger partial charge >= 0.3 is 0 Å². The number of carbonyl (C=O) groups is 1. The molecule has 1 fully saturated rings. The smallest absolute Gasteiger partial charge is 0.219 e. The van der Waals surface area contributed by atoms with Gasteiger partial charge in [0.2, 0.25) is 5.91 Å². The molecule has 0 radical (unpaired) electrons. The Morgan fingerprint density at radius 1 is 1.26 bits per heavy atom. The lowest BCUT2D eigenvalue weighted by Crippen LogP contribution is -2.47. The first-order chi connectivity index (χ1) is 11.0. The summed E-state index contributed by atoms with van der Waals surface area (Å²) in [4.78, 5) is 20.0. The lowest BCUT2D eigenvalue weighted by atomic mass is 10.1. The van der Waals surface area contributed by atoms with Gasteiger partial charge in [-0.05, 0) is 12.1 Å². The highest BCUT2D eigenvalue weighted by molar-refractivity contribution is 7.09. The van der Waals surface area contributed by atoms with Crippen LogP contribution in [0.4, 0.5) is 0 Å². The second-order valence-electron chi connectivity index (χ2n) is 5.61. The van der Waals surface area contributed by atoms with Gasteiger partial charge in [0, 0.05) is 50.1 Å². The number of aromatic nitrogens is 1. The van der Waals surface area contributed by atoms with Crippen molar-refractivity contribution in [2.75, 3.05) is 26.2 Å². The zero-order valence-corrected chi connectivity index (χ0v) is 13.7. The van der Waals surface area contributed by atoms with Crippen molar-refractivity contribution in [3.8, 4) is 22.8 Å². The van der Waals surface area contributed by atoms with Gasteiger partial charge in [-0.25, -0.2) is 4.98 Å². The van der Waals surface area contributed by atoms with Crippen LogP contribution < -0.4 is 0 Å². The van der Waals surface area contributed by atoms with E-state index in [0.29, 0.717) is 11.3 Å². The largest absolute Gasteiger partial charge is 0.508 e. The molecule has 7 heteroatoms. The van der Waals surface area contributed by atoms with E-state index in [4.69, 9.17) is 0 Å². The molecule has 23 heavy (non-hydrogen) atoms. The monoisotopic (exact) mass is 333 g/mol. The minimum atomic E-state index is 0.0249. The van der Waals surface area contributed by atoms with Gasteiger partial charge in [0.25, 0.3) is 0 Å². The van der Waals surface area contributed by atoms with E-state index in [1.165, 1.54) is 12.1 Å². The van der Waals surface area contributed by atoms with Crippen LogP contribution in [0, 0.1) is 0 Å². The van der Waals surface area contributed by atoms with Crippen LogP contribution in [0.15, 0.2) is 23.6 Å². The number of aromatic hydroxyl groups is 2. The maximum atomic E-state index is 11.3. The summed E-state index contributed by atoms with van der Waals surface area (Å²) in [6, 6.07) is 4.51. The highest BCUT2D eigenvalue weighted by Gasteiger charge is 2.19. The van der Waals surface area contributed by atoms with E-state index in [1.807, 2.05) is 10.3 Å². The van der Waals surface area contributed by atoms with Crippen LogP contribution >= 0.6 is 11.3 Å². The van der Waals surface area contributed by atoms with Crippen LogP contribution in [0.3, 0.4) is 0 Å². The van der Waals surface area contributed by atoms with E-state index in [0.717, 1.165) is 37.7 Å². The van der Waals surface area contributed by atoms with Crippen LogP contribution in [0.1, 0.15) is 11.9 Å². The third kappa shape index (κ3) is 3.62. The first kappa shape index (κ1) is 15.8. The van der Waals surface area contributed by atoms with Gasteiger partial charge in [-0.3, -0.25) is 9.69 Å². The summed E-state index contributed by atoms with van der Waals surface area (Å²) in [6.07, 6.45) is 0. The zero-order valence-electron chi connectivity index (χ0n) is 12.9. The number of benzene rings is 1. The average Bonchev–Trinajstić information content (AvgIpc) is 2.96. The number of carbonyl (C=O) groups excluding carboxylic acids is 1. The molecule has 2 aromatic rings. The molecule has 0 bridgehead atoms. The van der Waals surface area contributed by atoms with Gasteiger partial charge in [-0.1, -0.05) is 0 Å². The van der Waals surface area contributed by atoms with Crippen LogP contribution in [-0.2, 0) is 11.3 Å². The normalized spacial score (nSPS) is 15.8. The molecule has 1 aromatic heterocycles. The topological polar surface area (TPSA) is 76.9 Å². The molecule has 3 rings (SSSR count). The third-order valence-electron chi connectivity index (χ3n) is 3.99. The van der Waals surface area contributed by atoms with Crippen molar-refractivity contribution in [2.24, 2.45) is 0 Å². The first-order valence-corrected chi connectivity index (χ1v) is 8.35. The lowest BCUT2D eigenvalue weighted by Gasteiger charge is -2.33. The van der Waals surface area contributed by atoms with E-state index < -0.39 is 0 Å². The fraction of sp³-hybridized carbons (Fsp3) is 0.375. The van der Waals surface area contributed by atoms with E-state index in [2.05, 4.69) is 9.88 Å². The molecule has 0 unspecified atom stereocenters. The van der Waals surface area contributed by atoms with Crippen LogP contribution in [0.25, 0.3) is 11.3 Å². The Labute approximate surface area is 138 Å². The molecule has 0 aliphatic carbocycles. The summed E-state index contributed by atoms with van der Waals surface area (Å²) in [7, 11) is 0. The van der Waals surface area contributed by atoms with Gasteiger partial charge in [0.05, 0.1) is 12.2 Å². The molecule has 0 atom stereocenters. The van der Waals surface area contributed by atoms with Crippen molar-refractivity contribution >= 4 is 17.2 Å². The summed E-state index contributed by atoms with van der Waals surface area (Å²) in [5.41, 5.74) is 1.33. The Kier molecular flexibility index (Phi) is 4.49. The van der Waals surface area contributed by atoms with E-state index in [-0.39, 0.29) is 17.4 Å². The number of phenols is 2. The number of rotatable bonds is 3. The van der Waals surface area contributed by atoms with E-state index in [9.17, 15) is 15.0 Å². The number of hydrogen-bond donors (Lipinski definition) is 2. The molecule has 0 saturated carbocycles. The predicted octanol–water partition coefficient (Wildman–Crippen LogP) is 1.89. The number of thiazole rings is 1.